The maximum Gasteiger partial charge on any atom is 0.416 e. The molecule has 0 atom stereocenters. The summed E-state index contributed by atoms with van der Waals surface area (Å²) in [7, 11) is 0. The summed E-state index contributed by atoms with van der Waals surface area (Å²) in [4.78, 5) is 4.16. The fourth-order valence-electron chi connectivity index (χ4n) is 1.95. The molecule has 19 heavy (non-hydrogen) atoms. The maximum absolute atomic E-state index is 12.7. The minimum absolute atomic E-state index is 0.0884. The van der Waals surface area contributed by atoms with Crippen LogP contribution in [0.4, 0.5) is 13.2 Å². The summed E-state index contributed by atoms with van der Waals surface area (Å²) in [5.41, 5.74) is -0.685. The first-order chi connectivity index (χ1) is 8.86. The van der Waals surface area contributed by atoms with Crippen molar-refractivity contribution in [1.82, 2.24) is 14.6 Å². The van der Waals surface area contributed by atoms with Gasteiger partial charge in [0, 0.05) is 5.92 Å². The van der Waals surface area contributed by atoms with Crippen molar-refractivity contribution in [2.75, 3.05) is 0 Å². The van der Waals surface area contributed by atoms with Crippen molar-refractivity contribution in [3.63, 3.8) is 0 Å². The van der Waals surface area contributed by atoms with Crippen LogP contribution < -0.4 is 0 Å². The number of fused-ring (bicyclic) bond motifs is 1. The summed E-state index contributed by atoms with van der Waals surface area (Å²) in [5, 5.41) is 4.10. The molecule has 0 amide bonds. The summed E-state index contributed by atoms with van der Waals surface area (Å²) in [6.45, 7) is 3.98. The minimum Gasteiger partial charge on any atom is -0.212 e. The van der Waals surface area contributed by atoms with Crippen LogP contribution in [-0.2, 0) is 6.18 Å². The van der Waals surface area contributed by atoms with Crippen LogP contribution in [0.3, 0.4) is 0 Å². The van der Waals surface area contributed by atoms with Crippen molar-refractivity contribution in [3.05, 3.63) is 28.7 Å². The molecule has 0 aliphatic heterocycles. The Morgan fingerprint density at radius 1 is 1.26 bits per heavy atom. The number of hydrogen-bond donors (Lipinski definition) is 0. The Morgan fingerprint density at radius 3 is 2.42 bits per heavy atom. The Kier molecular flexibility index (Phi) is 3.71. The zero-order valence-electron chi connectivity index (χ0n) is 10.5. The van der Waals surface area contributed by atoms with E-state index in [1.165, 1.54) is 4.52 Å². The summed E-state index contributed by atoms with van der Waals surface area (Å²) >= 11 is 5.83. The number of nitrogens with zero attached hydrogens (tertiary/aromatic N) is 3. The summed E-state index contributed by atoms with van der Waals surface area (Å²) in [6, 6.07) is 1.82. The van der Waals surface area contributed by atoms with E-state index in [2.05, 4.69) is 10.1 Å². The lowest BCUT2D eigenvalue weighted by Gasteiger charge is -2.06. The lowest BCUT2D eigenvalue weighted by molar-refractivity contribution is -0.137. The molecule has 0 unspecified atom stereocenters. The van der Waals surface area contributed by atoms with E-state index in [0.29, 0.717) is 5.82 Å². The Bertz CT molecular complexity index is 588. The van der Waals surface area contributed by atoms with Crippen LogP contribution in [-0.4, -0.2) is 14.6 Å². The summed E-state index contributed by atoms with van der Waals surface area (Å²) in [5.74, 6) is 0.663. The fourth-order valence-corrected chi connectivity index (χ4v) is 2.19. The highest BCUT2D eigenvalue weighted by Crippen LogP contribution is 2.32. The highest BCUT2D eigenvalue weighted by Gasteiger charge is 2.32. The first kappa shape index (κ1) is 14.1. The average molecular weight is 292 g/mol. The Hall–Kier alpha value is -1.30. The minimum atomic E-state index is -4.44. The number of halogens is 4. The molecule has 0 aromatic carbocycles. The van der Waals surface area contributed by atoms with Gasteiger partial charge < -0.3 is 0 Å². The van der Waals surface area contributed by atoms with Gasteiger partial charge in [0.15, 0.2) is 11.5 Å². The van der Waals surface area contributed by atoms with E-state index in [0.717, 1.165) is 25.0 Å². The molecule has 0 spiro atoms. The molecule has 0 aliphatic rings. The molecule has 0 aliphatic carbocycles. The zero-order chi connectivity index (χ0) is 14.2. The SMILES string of the molecule is CCC(CC)c1nc2cc(C(F)(F)F)cc(Cl)n2n1. The van der Waals surface area contributed by atoms with Crippen molar-refractivity contribution in [2.45, 2.75) is 38.8 Å². The Balaban J connectivity index is 2.57. The first-order valence-corrected chi connectivity index (χ1v) is 6.38. The quantitative estimate of drug-likeness (QED) is 0.789. The van der Waals surface area contributed by atoms with Gasteiger partial charge in [-0.2, -0.15) is 13.2 Å². The second-order valence-electron chi connectivity index (χ2n) is 4.32. The Morgan fingerprint density at radius 2 is 1.89 bits per heavy atom. The van der Waals surface area contributed by atoms with Gasteiger partial charge in [-0.25, -0.2) is 9.50 Å². The third-order valence-electron chi connectivity index (χ3n) is 3.09. The highest BCUT2D eigenvalue weighted by atomic mass is 35.5. The van der Waals surface area contributed by atoms with Gasteiger partial charge in [0.25, 0.3) is 0 Å². The van der Waals surface area contributed by atoms with Gasteiger partial charge in [0.1, 0.15) is 5.15 Å². The fraction of sp³-hybridized carbons (Fsp3) is 0.500. The topological polar surface area (TPSA) is 30.2 Å². The second-order valence-corrected chi connectivity index (χ2v) is 4.71. The monoisotopic (exact) mass is 291 g/mol. The largest absolute Gasteiger partial charge is 0.416 e. The molecule has 2 rings (SSSR count). The molecule has 0 fully saturated rings. The van der Waals surface area contributed by atoms with Crippen LogP contribution in [0.1, 0.15) is 44.0 Å². The molecule has 7 heteroatoms. The van der Waals surface area contributed by atoms with E-state index in [-0.39, 0.29) is 16.7 Å². The predicted octanol–water partition coefficient (Wildman–Crippen LogP) is 4.31. The van der Waals surface area contributed by atoms with Gasteiger partial charge in [-0.1, -0.05) is 25.4 Å². The number of aromatic nitrogens is 3. The van der Waals surface area contributed by atoms with E-state index >= 15 is 0 Å². The second kappa shape index (κ2) is 5.00. The van der Waals surface area contributed by atoms with Gasteiger partial charge in [0.05, 0.1) is 5.56 Å². The van der Waals surface area contributed by atoms with Gasteiger partial charge in [-0.05, 0) is 25.0 Å². The van der Waals surface area contributed by atoms with Crippen molar-refractivity contribution in [2.24, 2.45) is 0 Å². The number of alkyl halides is 3. The van der Waals surface area contributed by atoms with Gasteiger partial charge in [0.2, 0.25) is 0 Å². The first-order valence-electron chi connectivity index (χ1n) is 6.00. The molecule has 2 aromatic heterocycles. The number of pyridine rings is 1. The van der Waals surface area contributed by atoms with Gasteiger partial charge in [-0.3, -0.25) is 0 Å². The van der Waals surface area contributed by atoms with Gasteiger partial charge in [-0.15, -0.1) is 5.10 Å². The highest BCUT2D eigenvalue weighted by molar-refractivity contribution is 6.29. The van der Waals surface area contributed by atoms with E-state index < -0.39 is 11.7 Å². The zero-order valence-corrected chi connectivity index (χ0v) is 11.3. The molecule has 0 saturated carbocycles. The third kappa shape index (κ3) is 2.68. The van der Waals surface area contributed by atoms with E-state index in [1.54, 1.807) is 0 Å². The maximum atomic E-state index is 12.7. The molecule has 3 nitrogen and oxygen atoms in total. The molecule has 0 bridgehead atoms. The Labute approximate surface area is 113 Å². The lowest BCUT2D eigenvalue weighted by Crippen LogP contribution is -2.06. The van der Waals surface area contributed by atoms with Gasteiger partial charge >= 0.3 is 6.18 Å². The van der Waals surface area contributed by atoms with Crippen LogP contribution in [0.2, 0.25) is 5.15 Å². The summed E-state index contributed by atoms with van der Waals surface area (Å²) < 4.78 is 39.3. The van der Waals surface area contributed by atoms with Crippen molar-refractivity contribution < 1.29 is 13.2 Å². The predicted molar refractivity (Wildman–Crippen MR) is 66.3 cm³/mol. The van der Waals surface area contributed by atoms with Crippen LogP contribution in [0, 0.1) is 0 Å². The normalized spacial score (nSPS) is 12.6. The summed E-state index contributed by atoms with van der Waals surface area (Å²) in [6.07, 6.45) is -2.78. The van der Waals surface area contributed by atoms with Crippen LogP contribution >= 0.6 is 11.6 Å². The average Bonchev–Trinajstić information content (AvgIpc) is 2.74. The molecule has 2 aromatic rings. The molecular formula is C12H13ClF3N3. The molecule has 0 N–H and O–H groups in total. The van der Waals surface area contributed by atoms with Crippen molar-refractivity contribution >= 4 is 17.2 Å². The smallest absolute Gasteiger partial charge is 0.212 e. The molecular weight excluding hydrogens is 279 g/mol. The van der Waals surface area contributed by atoms with Crippen LogP contribution in [0.5, 0.6) is 0 Å². The molecule has 0 radical (unpaired) electrons. The molecule has 0 saturated heterocycles. The standard InChI is InChI=1S/C12H13ClF3N3/c1-3-7(4-2)11-17-10-6-8(12(14,15)16)5-9(13)19(10)18-11/h5-7H,3-4H2,1-2H3. The molecule has 104 valence electrons. The van der Waals surface area contributed by atoms with Crippen molar-refractivity contribution in [1.29, 1.82) is 0 Å². The third-order valence-corrected chi connectivity index (χ3v) is 3.36. The molecule has 2 heterocycles. The number of rotatable bonds is 3. The lowest BCUT2D eigenvalue weighted by atomic mass is 10.0. The van der Waals surface area contributed by atoms with Crippen molar-refractivity contribution in [3.8, 4) is 0 Å². The van der Waals surface area contributed by atoms with E-state index in [1.807, 2.05) is 13.8 Å². The van der Waals surface area contributed by atoms with E-state index in [9.17, 15) is 13.2 Å². The number of hydrogen-bond acceptors (Lipinski definition) is 2. The van der Waals surface area contributed by atoms with Crippen LogP contribution in [0.15, 0.2) is 12.1 Å². The van der Waals surface area contributed by atoms with E-state index in [4.69, 9.17) is 11.6 Å². The van der Waals surface area contributed by atoms with Crippen LogP contribution in [0.25, 0.3) is 5.65 Å².